The van der Waals surface area contributed by atoms with Crippen molar-refractivity contribution in [3.05, 3.63) is 58.2 Å². The fourth-order valence-corrected chi connectivity index (χ4v) is 3.59. The molecule has 0 aliphatic heterocycles. The van der Waals surface area contributed by atoms with E-state index in [4.69, 9.17) is 11.6 Å². The van der Waals surface area contributed by atoms with Crippen LogP contribution >= 0.6 is 11.6 Å². The summed E-state index contributed by atoms with van der Waals surface area (Å²) in [6.45, 7) is 4.07. The van der Waals surface area contributed by atoms with Crippen molar-refractivity contribution >= 4 is 28.5 Å². The van der Waals surface area contributed by atoms with E-state index in [0.29, 0.717) is 10.6 Å². The predicted octanol–water partition coefficient (Wildman–Crippen LogP) is 5.07. The first-order valence-corrected chi connectivity index (χ1v) is 7.93. The van der Waals surface area contributed by atoms with Gasteiger partial charge in [0, 0.05) is 34.2 Å². The highest BCUT2D eigenvalue weighted by Gasteiger charge is 2.19. The molecule has 0 fully saturated rings. The Hall–Kier alpha value is -2.26. The Morgan fingerprint density at radius 2 is 1.96 bits per heavy atom. The number of fused-ring (bicyclic) bond motifs is 1. The largest absolute Gasteiger partial charge is 0.478 e. The molecule has 1 N–H and O–H groups in total. The smallest absolute Gasteiger partial charge is 0.336 e. The Balaban J connectivity index is 2.42. The van der Waals surface area contributed by atoms with Crippen molar-refractivity contribution in [3.63, 3.8) is 0 Å². The summed E-state index contributed by atoms with van der Waals surface area (Å²) in [6, 6.07) is 11.2. The summed E-state index contributed by atoms with van der Waals surface area (Å²) in [5.74, 6) is -0.916. The van der Waals surface area contributed by atoms with Crippen molar-refractivity contribution < 1.29 is 9.90 Å². The third kappa shape index (κ3) is 2.41. The molecule has 0 aliphatic carbocycles. The zero-order chi connectivity index (χ0) is 16.7. The molecule has 118 valence electrons. The van der Waals surface area contributed by atoms with Crippen LogP contribution in [-0.2, 0) is 13.5 Å². The number of aromatic carboxylic acids is 1. The molecule has 1 heterocycles. The van der Waals surface area contributed by atoms with Crippen LogP contribution in [0.1, 0.15) is 28.5 Å². The number of hydrogen-bond acceptors (Lipinski definition) is 1. The number of rotatable bonds is 3. The van der Waals surface area contributed by atoms with E-state index in [1.54, 1.807) is 6.07 Å². The number of benzene rings is 2. The maximum absolute atomic E-state index is 11.8. The number of halogens is 1. The van der Waals surface area contributed by atoms with Gasteiger partial charge in [0.2, 0.25) is 0 Å². The van der Waals surface area contributed by atoms with Gasteiger partial charge in [-0.2, -0.15) is 0 Å². The molecule has 4 heteroatoms. The lowest BCUT2D eigenvalue weighted by molar-refractivity contribution is 0.0699. The fraction of sp³-hybridized carbons (Fsp3) is 0.211. The van der Waals surface area contributed by atoms with Crippen LogP contribution in [0.4, 0.5) is 0 Å². The van der Waals surface area contributed by atoms with Crippen LogP contribution in [0.2, 0.25) is 5.02 Å². The van der Waals surface area contributed by atoms with E-state index < -0.39 is 5.97 Å². The van der Waals surface area contributed by atoms with Crippen LogP contribution < -0.4 is 0 Å². The van der Waals surface area contributed by atoms with Gasteiger partial charge in [-0.25, -0.2) is 4.79 Å². The van der Waals surface area contributed by atoms with Crippen molar-refractivity contribution in [1.29, 1.82) is 0 Å². The number of nitrogens with zero attached hydrogens (tertiary/aromatic N) is 1. The molecule has 3 rings (SSSR count). The Kier molecular flexibility index (Phi) is 3.90. The zero-order valence-electron chi connectivity index (χ0n) is 13.4. The highest BCUT2D eigenvalue weighted by Crippen LogP contribution is 2.35. The lowest BCUT2D eigenvalue weighted by Gasteiger charge is -2.09. The maximum atomic E-state index is 11.8. The molecule has 3 aromatic rings. The Bertz CT molecular complexity index is 925. The molecule has 0 radical (unpaired) electrons. The number of aromatic nitrogens is 1. The fourth-order valence-electron chi connectivity index (χ4n) is 3.35. The van der Waals surface area contributed by atoms with Crippen molar-refractivity contribution in [3.8, 4) is 11.1 Å². The van der Waals surface area contributed by atoms with Crippen LogP contribution in [0, 0.1) is 6.92 Å². The van der Waals surface area contributed by atoms with Gasteiger partial charge >= 0.3 is 5.97 Å². The summed E-state index contributed by atoms with van der Waals surface area (Å²) >= 11 is 6.29. The maximum Gasteiger partial charge on any atom is 0.336 e. The van der Waals surface area contributed by atoms with Gasteiger partial charge in [0.25, 0.3) is 0 Å². The van der Waals surface area contributed by atoms with E-state index in [0.717, 1.165) is 39.7 Å². The summed E-state index contributed by atoms with van der Waals surface area (Å²) in [6.07, 6.45) is 0.859. The number of carboxylic acid groups (broad SMARTS) is 1. The number of aryl methyl sites for hydroxylation is 2. The average Bonchev–Trinajstić information content (AvgIpc) is 2.77. The zero-order valence-corrected chi connectivity index (χ0v) is 14.1. The lowest BCUT2D eigenvalue weighted by Crippen LogP contribution is -1.99. The van der Waals surface area contributed by atoms with Crippen molar-refractivity contribution in [2.75, 3.05) is 0 Å². The van der Waals surface area contributed by atoms with Gasteiger partial charge in [-0.05, 0) is 42.7 Å². The Labute approximate surface area is 140 Å². The quantitative estimate of drug-likeness (QED) is 0.730. The van der Waals surface area contributed by atoms with E-state index in [1.165, 1.54) is 0 Å². The van der Waals surface area contributed by atoms with Crippen LogP contribution in [0.25, 0.3) is 22.0 Å². The minimum Gasteiger partial charge on any atom is -0.478 e. The first kappa shape index (κ1) is 15.6. The average molecular weight is 328 g/mol. The van der Waals surface area contributed by atoms with Gasteiger partial charge in [-0.1, -0.05) is 36.7 Å². The summed E-state index contributed by atoms with van der Waals surface area (Å²) in [4.78, 5) is 11.8. The van der Waals surface area contributed by atoms with E-state index in [2.05, 4.69) is 11.5 Å². The summed E-state index contributed by atoms with van der Waals surface area (Å²) in [7, 11) is 1.98. The molecular formula is C19H18ClNO2. The molecule has 2 aromatic carbocycles. The van der Waals surface area contributed by atoms with Gasteiger partial charge in [0.05, 0.1) is 5.56 Å². The molecule has 0 aliphatic rings. The third-order valence-corrected chi connectivity index (χ3v) is 4.77. The predicted molar refractivity (Wildman–Crippen MR) is 94.4 cm³/mol. The molecule has 3 nitrogen and oxygen atoms in total. The van der Waals surface area contributed by atoms with Gasteiger partial charge in [0.15, 0.2) is 0 Å². The third-order valence-electron chi connectivity index (χ3n) is 4.44. The molecule has 0 atom stereocenters. The standard InChI is InChI=1S/C19H18ClNO2/c1-4-16-11(2)18-14(19(22)23)9-12(10-17(18)21(16)3)13-7-5-6-8-15(13)20/h5-10H,4H2,1-3H3,(H,22,23). The van der Waals surface area contributed by atoms with Crippen LogP contribution in [0.15, 0.2) is 36.4 Å². The second kappa shape index (κ2) is 5.74. The van der Waals surface area contributed by atoms with Gasteiger partial charge < -0.3 is 9.67 Å². The summed E-state index contributed by atoms with van der Waals surface area (Å²) in [5.41, 5.74) is 5.10. The molecule has 0 bridgehead atoms. The SMILES string of the molecule is CCc1c(C)c2c(C(=O)O)cc(-c3ccccc3Cl)cc2n1C. The van der Waals surface area contributed by atoms with Gasteiger partial charge in [-0.15, -0.1) is 0 Å². The van der Waals surface area contributed by atoms with Crippen molar-refractivity contribution in [2.45, 2.75) is 20.3 Å². The van der Waals surface area contributed by atoms with E-state index in [1.807, 2.05) is 44.3 Å². The minimum absolute atomic E-state index is 0.324. The number of carboxylic acids is 1. The van der Waals surface area contributed by atoms with Crippen molar-refractivity contribution in [2.24, 2.45) is 7.05 Å². The molecule has 0 saturated carbocycles. The van der Waals surface area contributed by atoms with Gasteiger partial charge in [0.1, 0.15) is 0 Å². The van der Waals surface area contributed by atoms with Crippen LogP contribution in [-0.4, -0.2) is 15.6 Å². The Morgan fingerprint density at radius 3 is 2.57 bits per heavy atom. The highest BCUT2D eigenvalue weighted by molar-refractivity contribution is 6.33. The molecule has 0 unspecified atom stereocenters. The molecular weight excluding hydrogens is 310 g/mol. The summed E-state index contributed by atoms with van der Waals surface area (Å²) < 4.78 is 2.08. The van der Waals surface area contributed by atoms with Crippen LogP contribution in [0.3, 0.4) is 0 Å². The van der Waals surface area contributed by atoms with E-state index >= 15 is 0 Å². The first-order chi connectivity index (χ1) is 11.0. The molecule has 0 saturated heterocycles. The monoisotopic (exact) mass is 327 g/mol. The second-order valence-electron chi connectivity index (χ2n) is 5.69. The topological polar surface area (TPSA) is 42.2 Å². The first-order valence-electron chi connectivity index (χ1n) is 7.55. The normalized spacial score (nSPS) is 11.1. The molecule has 1 aromatic heterocycles. The molecule has 0 amide bonds. The summed E-state index contributed by atoms with van der Waals surface area (Å²) in [5, 5.41) is 11.1. The van der Waals surface area contributed by atoms with E-state index in [-0.39, 0.29) is 0 Å². The van der Waals surface area contributed by atoms with Gasteiger partial charge in [-0.3, -0.25) is 0 Å². The molecule has 0 spiro atoms. The number of carbonyl (C=O) groups is 1. The highest BCUT2D eigenvalue weighted by atomic mass is 35.5. The lowest BCUT2D eigenvalue weighted by atomic mass is 9.98. The molecule has 23 heavy (non-hydrogen) atoms. The van der Waals surface area contributed by atoms with Crippen molar-refractivity contribution in [1.82, 2.24) is 4.57 Å². The Morgan fingerprint density at radius 1 is 1.26 bits per heavy atom. The second-order valence-corrected chi connectivity index (χ2v) is 6.09. The number of hydrogen-bond donors (Lipinski definition) is 1. The van der Waals surface area contributed by atoms with E-state index in [9.17, 15) is 9.90 Å². The van der Waals surface area contributed by atoms with Crippen LogP contribution in [0.5, 0.6) is 0 Å². The minimum atomic E-state index is -0.916.